The van der Waals surface area contributed by atoms with Gasteiger partial charge in [-0.05, 0) is 68.3 Å². The molecule has 0 spiro atoms. The number of hydrogen-bond acceptors (Lipinski definition) is 5. The molecule has 0 saturated heterocycles. The van der Waals surface area contributed by atoms with Gasteiger partial charge in [-0.2, -0.15) is 0 Å². The van der Waals surface area contributed by atoms with E-state index in [0.717, 1.165) is 21.0 Å². The lowest BCUT2D eigenvalue weighted by Crippen LogP contribution is -2.50. The lowest BCUT2D eigenvalue weighted by molar-refractivity contribution is -0.139. The van der Waals surface area contributed by atoms with E-state index in [2.05, 4.69) is 5.32 Å². The minimum absolute atomic E-state index is 0.0199. The Kier molecular flexibility index (Phi) is 8.94. The highest BCUT2D eigenvalue weighted by Crippen LogP contribution is 2.26. The molecule has 0 bridgehead atoms. The van der Waals surface area contributed by atoms with Crippen LogP contribution in [-0.2, 0) is 26.2 Å². The van der Waals surface area contributed by atoms with Gasteiger partial charge in [0.1, 0.15) is 18.3 Å². The molecule has 0 aliphatic rings. The number of nitrogens with one attached hydrogen (secondary N) is 1. The molecule has 0 aliphatic heterocycles. The molecule has 0 heterocycles. The molecule has 1 atom stereocenters. The van der Waals surface area contributed by atoms with E-state index in [1.807, 2.05) is 38.1 Å². The smallest absolute Gasteiger partial charge is 0.264 e. The fourth-order valence-electron chi connectivity index (χ4n) is 3.88. The number of methoxy groups -OCH3 is 1. The fraction of sp³-hybridized carbons (Fsp3) is 0.286. The Morgan fingerprint density at radius 1 is 0.946 bits per heavy atom. The van der Waals surface area contributed by atoms with Crippen LogP contribution in [0.15, 0.2) is 77.7 Å². The van der Waals surface area contributed by atoms with Gasteiger partial charge in [0, 0.05) is 13.6 Å². The van der Waals surface area contributed by atoms with Crippen molar-refractivity contribution in [3.63, 3.8) is 0 Å². The second-order valence-corrected chi connectivity index (χ2v) is 10.6. The van der Waals surface area contributed by atoms with Crippen LogP contribution in [0.25, 0.3) is 0 Å². The standard InChI is InChI=1S/C28H33N3O5S/c1-20-10-12-24(13-11-20)31(37(34,35)26-16-14-25(36-5)15-17-26)19-27(32)30(22(3)28(33)29-4)18-23-9-7-6-8-21(23)2/h6-17,22H,18-19H2,1-5H3,(H,29,33). The van der Waals surface area contributed by atoms with E-state index in [-0.39, 0.29) is 17.3 Å². The zero-order valence-electron chi connectivity index (χ0n) is 21.8. The molecule has 3 rings (SSSR count). The number of rotatable bonds is 10. The molecule has 37 heavy (non-hydrogen) atoms. The van der Waals surface area contributed by atoms with Crippen LogP contribution in [0.5, 0.6) is 5.75 Å². The summed E-state index contributed by atoms with van der Waals surface area (Å²) in [5.41, 5.74) is 3.13. The van der Waals surface area contributed by atoms with Crippen molar-refractivity contribution in [3.05, 3.63) is 89.5 Å². The Balaban J connectivity index is 2.03. The number of carbonyl (C=O) groups excluding carboxylic acids is 2. The molecular formula is C28H33N3O5S. The maximum atomic E-state index is 13.8. The van der Waals surface area contributed by atoms with Crippen LogP contribution in [-0.4, -0.2) is 51.9 Å². The lowest BCUT2D eigenvalue weighted by atomic mass is 10.1. The monoisotopic (exact) mass is 523 g/mol. The molecule has 2 amide bonds. The number of amides is 2. The average molecular weight is 524 g/mol. The Bertz CT molecular complexity index is 1340. The molecule has 9 heteroatoms. The average Bonchev–Trinajstić information content (AvgIpc) is 2.90. The minimum atomic E-state index is -4.12. The van der Waals surface area contributed by atoms with Gasteiger partial charge < -0.3 is 15.0 Å². The van der Waals surface area contributed by atoms with E-state index in [1.54, 1.807) is 43.3 Å². The van der Waals surface area contributed by atoms with E-state index in [0.29, 0.717) is 11.4 Å². The summed E-state index contributed by atoms with van der Waals surface area (Å²) >= 11 is 0. The minimum Gasteiger partial charge on any atom is -0.497 e. The molecule has 0 fully saturated rings. The molecular weight excluding hydrogens is 490 g/mol. The third kappa shape index (κ3) is 6.48. The van der Waals surface area contributed by atoms with Crippen molar-refractivity contribution in [1.29, 1.82) is 0 Å². The molecule has 3 aromatic rings. The van der Waals surface area contributed by atoms with Crippen LogP contribution in [0.1, 0.15) is 23.6 Å². The molecule has 8 nitrogen and oxygen atoms in total. The summed E-state index contributed by atoms with van der Waals surface area (Å²) in [6.07, 6.45) is 0. The van der Waals surface area contributed by atoms with Crippen LogP contribution in [0.4, 0.5) is 5.69 Å². The first-order chi connectivity index (χ1) is 17.6. The van der Waals surface area contributed by atoms with Crippen molar-refractivity contribution in [2.45, 2.75) is 38.3 Å². The van der Waals surface area contributed by atoms with E-state index in [4.69, 9.17) is 4.74 Å². The summed E-state index contributed by atoms with van der Waals surface area (Å²) in [6, 6.07) is 19.7. The number of aryl methyl sites for hydroxylation is 2. The van der Waals surface area contributed by atoms with Gasteiger partial charge in [0.2, 0.25) is 11.8 Å². The number of hydrogen-bond donors (Lipinski definition) is 1. The predicted octanol–water partition coefficient (Wildman–Crippen LogP) is 3.67. The maximum Gasteiger partial charge on any atom is 0.264 e. The summed E-state index contributed by atoms with van der Waals surface area (Å²) < 4.78 is 33.8. The summed E-state index contributed by atoms with van der Waals surface area (Å²) in [5, 5.41) is 2.58. The molecule has 196 valence electrons. The SMILES string of the molecule is CNC(=O)C(C)N(Cc1ccccc1C)C(=O)CN(c1ccc(C)cc1)S(=O)(=O)c1ccc(OC)cc1. The van der Waals surface area contributed by atoms with Crippen LogP contribution in [0, 0.1) is 13.8 Å². The quantitative estimate of drug-likeness (QED) is 0.438. The molecule has 0 aliphatic carbocycles. The predicted molar refractivity (Wildman–Crippen MR) is 144 cm³/mol. The third-order valence-electron chi connectivity index (χ3n) is 6.26. The van der Waals surface area contributed by atoms with Gasteiger partial charge in [-0.25, -0.2) is 8.42 Å². The first kappa shape index (κ1) is 27.7. The number of benzene rings is 3. The first-order valence-electron chi connectivity index (χ1n) is 11.9. The van der Waals surface area contributed by atoms with E-state index in [9.17, 15) is 18.0 Å². The Hall–Kier alpha value is -3.85. The number of ether oxygens (including phenoxy) is 1. The number of anilines is 1. The number of carbonyl (C=O) groups is 2. The number of sulfonamides is 1. The Morgan fingerprint density at radius 3 is 2.14 bits per heavy atom. The van der Waals surface area contributed by atoms with Crippen molar-refractivity contribution >= 4 is 27.5 Å². The van der Waals surface area contributed by atoms with Crippen LogP contribution >= 0.6 is 0 Å². The third-order valence-corrected chi connectivity index (χ3v) is 8.05. The fourth-order valence-corrected chi connectivity index (χ4v) is 5.29. The highest BCUT2D eigenvalue weighted by Gasteiger charge is 2.32. The summed E-state index contributed by atoms with van der Waals surface area (Å²) in [4.78, 5) is 27.8. The van der Waals surface area contributed by atoms with Gasteiger partial charge in [-0.1, -0.05) is 42.0 Å². The van der Waals surface area contributed by atoms with Crippen molar-refractivity contribution in [3.8, 4) is 5.75 Å². The molecule has 1 unspecified atom stereocenters. The molecule has 1 N–H and O–H groups in total. The van der Waals surface area contributed by atoms with Crippen LogP contribution < -0.4 is 14.4 Å². The second-order valence-electron chi connectivity index (χ2n) is 8.76. The first-order valence-corrected chi connectivity index (χ1v) is 13.3. The van der Waals surface area contributed by atoms with Gasteiger partial charge in [0.05, 0.1) is 17.7 Å². The lowest BCUT2D eigenvalue weighted by Gasteiger charge is -2.32. The van der Waals surface area contributed by atoms with Gasteiger partial charge in [0.15, 0.2) is 0 Å². The Morgan fingerprint density at radius 2 is 1.57 bits per heavy atom. The summed E-state index contributed by atoms with van der Waals surface area (Å²) in [6.45, 7) is 5.12. The largest absolute Gasteiger partial charge is 0.497 e. The van der Waals surface area contributed by atoms with Crippen molar-refractivity contribution in [2.24, 2.45) is 0 Å². The van der Waals surface area contributed by atoms with Crippen molar-refractivity contribution < 1.29 is 22.7 Å². The maximum absolute atomic E-state index is 13.8. The molecule has 0 radical (unpaired) electrons. The molecule has 0 aromatic heterocycles. The molecule has 0 saturated carbocycles. The van der Waals surface area contributed by atoms with E-state index >= 15 is 0 Å². The summed E-state index contributed by atoms with van der Waals surface area (Å²) in [5.74, 6) is -0.334. The van der Waals surface area contributed by atoms with E-state index in [1.165, 1.54) is 31.2 Å². The normalized spacial score (nSPS) is 11.9. The van der Waals surface area contributed by atoms with Crippen molar-refractivity contribution in [2.75, 3.05) is 25.0 Å². The van der Waals surface area contributed by atoms with Gasteiger partial charge >= 0.3 is 0 Å². The topological polar surface area (TPSA) is 96.0 Å². The zero-order valence-corrected chi connectivity index (χ0v) is 22.6. The van der Waals surface area contributed by atoms with Gasteiger partial charge in [0.25, 0.3) is 10.0 Å². The Labute approximate surface area is 218 Å². The van der Waals surface area contributed by atoms with Gasteiger partial charge in [-0.15, -0.1) is 0 Å². The zero-order chi connectivity index (χ0) is 27.2. The summed E-state index contributed by atoms with van der Waals surface area (Å²) in [7, 11) is -1.12. The second kappa shape index (κ2) is 11.9. The van der Waals surface area contributed by atoms with E-state index < -0.39 is 28.5 Å². The molecule has 3 aromatic carbocycles. The van der Waals surface area contributed by atoms with Crippen LogP contribution in [0.3, 0.4) is 0 Å². The van der Waals surface area contributed by atoms with Gasteiger partial charge in [-0.3, -0.25) is 13.9 Å². The van der Waals surface area contributed by atoms with Crippen LogP contribution in [0.2, 0.25) is 0 Å². The highest BCUT2D eigenvalue weighted by atomic mass is 32.2. The van der Waals surface area contributed by atoms with Crippen molar-refractivity contribution in [1.82, 2.24) is 10.2 Å². The number of nitrogens with zero attached hydrogens (tertiary/aromatic N) is 2. The number of likely N-dealkylation sites (N-methyl/N-ethyl adjacent to an activating group) is 1. The highest BCUT2D eigenvalue weighted by molar-refractivity contribution is 7.92.